The zero-order valence-electron chi connectivity index (χ0n) is 33.0. The van der Waals surface area contributed by atoms with E-state index in [4.69, 9.17) is 35.5 Å². The molecule has 2 aliphatic rings. The highest BCUT2D eigenvalue weighted by molar-refractivity contribution is 6.30. The molecule has 2 fully saturated rings. The molecule has 294 valence electrons. The summed E-state index contributed by atoms with van der Waals surface area (Å²) in [5, 5.41) is 0.740. The van der Waals surface area contributed by atoms with Crippen LogP contribution in [-0.2, 0) is 13.0 Å². The van der Waals surface area contributed by atoms with Gasteiger partial charge in [0.2, 0.25) is 0 Å². The zero-order chi connectivity index (χ0) is 37.5. The molecule has 4 aromatic rings. The summed E-state index contributed by atoms with van der Waals surface area (Å²) in [5.41, 5.74) is 3.99. The van der Waals surface area contributed by atoms with Gasteiger partial charge in [-0.05, 0) is 108 Å². The molecule has 0 radical (unpaired) electrons. The van der Waals surface area contributed by atoms with Gasteiger partial charge >= 0.3 is 0 Å². The number of fused-ring (bicyclic) bond motifs is 1. The van der Waals surface area contributed by atoms with Gasteiger partial charge in [0, 0.05) is 55.8 Å². The summed E-state index contributed by atoms with van der Waals surface area (Å²) in [6.07, 6.45) is 8.87. The molecule has 0 amide bonds. The third-order valence-corrected chi connectivity index (χ3v) is 11.0. The van der Waals surface area contributed by atoms with Crippen LogP contribution in [0.25, 0.3) is 22.4 Å². The molecule has 10 heteroatoms. The first-order chi connectivity index (χ1) is 26.5. The highest BCUT2D eigenvalue weighted by Gasteiger charge is 2.22. The lowest BCUT2D eigenvalue weighted by atomic mass is 10.1. The van der Waals surface area contributed by atoms with Crippen LogP contribution >= 0.6 is 11.6 Å². The van der Waals surface area contributed by atoms with Crippen molar-refractivity contribution in [2.24, 2.45) is 0 Å². The molecule has 3 aromatic carbocycles. The summed E-state index contributed by atoms with van der Waals surface area (Å²) in [6.45, 7) is 19.4. The van der Waals surface area contributed by atoms with Crippen LogP contribution in [0.15, 0.2) is 54.6 Å². The molecule has 2 saturated heterocycles. The van der Waals surface area contributed by atoms with Gasteiger partial charge in [0.05, 0.1) is 24.3 Å². The molecule has 6 rings (SSSR count). The molecule has 2 aliphatic heterocycles. The number of benzene rings is 3. The minimum Gasteiger partial charge on any atom is -0.493 e. The second kappa shape index (κ2) is 21.0. The number of imidazole rings is 1. The summed E-state index contributed by atoms with van der Waals surface area (Å²) in [4.78, 5) is 12.8. The Morgan fingerprint density at radius 1 is 0.685 bits per heavy atom. The van der Waals surface area contributed by atoms with Crippen molar-refractivity contribution in [3.05, 3.63) is 65.2 Å². The molecular formula is C44H62ClN5O4. The van der Waals surface area contributed by atoms with E-state index in [1.165, 1.54) is 25.7 Å². The van der Waals surface area contributed by atoms with Gasteiger partial charge in [0.1, 0.15) is 41.8 Å². The molecule has 9 nitrogen and oxygen atoms in total. The van der Waals surface area contributed by atoms with E-state index in [0.717, 1.165) is 147 Å². The first kappa shape index (κ1) is 40.2. The molecule has 54 heavy (non-hydrogen) atoms. The molecule has 0 atom stereocenters. The number of aromatic nitrogens is 2. The third-order valence-electron chi connectivity index (χ3n) is 10.8. The first-order valence-electron chi connectivity index (χ1n) is 20.7. The van der Waals surface area contributed by atoms with Crippen LogP contribution in [0, 0.1) is 0 Å². The lowest BCUT2D eigenvalue weighted by Gasteiger charge is -2.19. The number of rotatable bonds is 23. The molecular weight excluding hydrogens is 698 g/mol. The third kappa shape index (κ3) is 11.3. The van der Waals surface area contributed by atoms with Crippen LogP contribution in [0.5, 0.6) is 23.0 Å². The number of ether oxygens (including phenoxy) is 4. The number of hydrogen-bond donors (Lipinski definition) is 0. The number of halogens is 1. The van der Waals surface area contributed by atoms with Gasteiger partial charge in [-0.2, -0.15) is 0 Å². The Balaban J connectivity index is 1.31. The van der Waals surface area contributed by atoms with Crippen molar-refractivity contribution in [3.63, 3.8) is 0 Å². The van der Waals surface area contributed by atoms with E-state index in [-0.39, 0.29) is 0 Å². The van der Waals surface area contributed by atoms with Gasteiger partial charge in [-0.25, -0.2) is 4.98 Å². The minimum atomic E-state index is 0.536. The molecule has 1 aromatic heterocycles. The van der Waals surface area contributed by atoms with Crippen LogP contribution < -0.4 is 18.9 Å². The number of unbranched alkanes of at least 4 members (excludes halogenated alkanes) is 1. The van der Waals surface area contributed by atoms with Gasteiger partial charge in [-0.15, -0.1) is 0 Å². The van der Waals surface area contributed by atoms with Crippen LogP contribution in [0.1, 0.15) is 71.3 Å². The largest absolute Gasteiger partial charge is 0.493 e. The van der Waals surface area contributed by atoms with Crippen LogP contribution in [0.4, 0.5) is 0 Å². The normalized spacial score (nSPS) is 15.1. The lowest BCUT2D eigenvalue weighted by molar-refractivity contribution is 0.231. The summed E-state index contributed by atoms with van der Waals surface area (Å²) >= 11 is 6.24. The number of nitrogens with zero attached hydrogens (tertiary/aromatic N) is 5. The average molecular weight is 760 g/mol. The van der Waals surface area contributed by atoms with E-state index in [0.29, 0.717) is 26.4 Å². The maximum atomic E-state index is 6.64. The van der Waals surface area contributed by atoms with Gasteiger partial charge in [0.15, 0.2) is 5.75 Å². The van der Waals surface area contributed by atoms with Crippen molar-refractivity contribution in [2.45, 2.75) is 78.7 Å². The Morgan fingerprint density at radius 3 is 2.07 bits per heavy atom. The predicted molar refractivity (Wildman–Crippen MR) is 221 cm³/mol. The van der Waals surface area contributed by atoms with Crippen LogP contribution in [0.2, 0.25) is 5.02 Å². The fraction of sp³-hybridized carbons (Fsp3) is 0.568. The quantitative estimate of drug-likeness (QED) is 0.0696. The zero-order valence-corrected chi connectivity index (χ0v) is 33.8. The topological polar surface area (TPSA) is 64.5 Å². The van der Waals surface area contributed by atoms with Gasteiger partial charge in [-0.1, -0.05) is 50.9 Å². The fourth-order valence-corrected chi connectivity index (χ4v) is 7.80. The Bertz CT molecular complexity index is 1730. The monoisotopic (exact) mass is 759 g/mol. The lowest BCUT2D eigenvalue weighted by Crippen LogP contribution is -2.25. The number of likely N-dealkylation sites (tertiary alicyclic amines) is 2. The molecule has 0 bridgehead atoms. The van der Waals surface area contributed by atoms with Crippen molar-refractivity contribution in [3.8, 4) is 34.4 Å². The van der Waals surface area contributed by atoms with Gasteiger partial charge < -0.3 is 28.4 Å². The molecule has 0 aliphatic carbocycles. The molecule has 3 heterocycles. The Labute approximate surface area is 328 Å². The first-order valence-corrected chi connectivity index (χ1v) is 21.0. The van der Waals surface area contributed by atoms with Gasteiger partial charge in [0.25, 0.3) is 0 Å². The second-order valence-electron chi connectivity index (χ2n) is 14.6. The molecule has 0 spiro atoms. The number of aryl methyl sites for hydroxylation is 1. The van der Waals surface area contributed by atoms with E-state index >= 15 is 0 Å². The summed E-state index contributed by atoms with van der Waals surface area (Å²) < 4.78 is 28.4. The maximum Gasteiger partial charge on any atom is 0.150 e. The Hall–Kier alpha value is -3.50. The maximum absolute atomic E-state index is 6.64. The van der Waals surface area contributed by atoms with E-state index in [9.17, 15) is 0 Å². The van der Waals surface area contributed by atoms with Crippen molar-refractivity contribution < 1.29 is 18.9 Å². The van der Waals surface area contributed by atoms with E-state index in [2.05, 4.69) is 64.3 Å². The summed E-state index contributed by atoms with van der Waals surface area (Å²) in [5.74, 6) is 4.04. The minimum absolute atomic E-state index is 0.536. The summed E-state index contributed by atoms with van der Waals surface area (Å²) in [7, 11) is 0. The van der Waals surface area contributed by atoms with Crippen LogP contribution in [-0.4, -0.2) is 110 Å². The Morgan fingerprint density at radius 2 is 1.37 bits per heavy atom. The smallest absolute Gasteiger partial charge is 0.150 e. The van der Waals surface area contributed by atoms with Crippen molar-refractivity contribution in [1.29, 1.82) is 0 Å². The van der Waals surface area contributed by atoms with Crippen molar-refractivity contribution >= 4 is 22.6 Å². The fourth-order valence-electron chi connectivity index (χ4n) is 7.58. The molecule has 0 unspecified atom stereocenters. The van der Waals surface area contributed by atoms with E-state index in [1.807, 2.05) is 30.3 Å². The average Bonchev–Trinajstić information content (AvgIpc) is 3.97. The van der Waals surface area contributed by atoms with E-state index in [1.54, 1.807) is 0 Å². The predicted octanol–water partition coefficient (Wildman–Crippen LogP) is 8.84. The number of hydrogen-bond acceptors (Lipinski definition) is 8. The highest BCUT2D eigenvalue weighted by atomic mass is 35.5. The van der Waals surface area contributed by atoms with E-state index < -0.39 is 0 Å². The van der Waals surface area contributed by atoms with Crippen molar-refractivity contribution in [2.75, 3.05) is 85.3 Å². The van der Waals surface area contributed by atoms with Gasteiger partial charge in [-0.3, -0.25) is 9.80 Å². The Kier molecular flexibility index (Phi) is 15.6. The molecule has 0 N–H and O–H groups in total. The molecule has 0 saturated carbocycles. The SMILES string of the molecule is CCCCn1c(-c2ccc(OCCc3cccc(Cl)c3)cc2OCCCN(CC)CC)nc2c(OCCN3CCCC3)cc(OCCN3CCCC3)cc21. The summed E-state index contributed by atoms with van der Waals surface area (Å²) in [6, 6.07) is 18.4. The second-order valence-corrected chi connectivity index (χ2v) is 15.1. The van der Waals surface area contributed by atoms with Crippen LogP contribution in [0.3, 0.4) is 0 Å². The van der Waals surface area contributed by atoms with Crippen molar-refractivity contribution in [1.82, 2.24) is 24.3 Å². The highest BCUT2D eigenvalue weighted by Crippen LogP contribution is 2.39. The standard InChI is InChI=1S/C44H62ClN5O4/c1-4-7-24-50-40-32-38(52-29-25-48-19-8-9-20-48)34-42(54-30-26-49-21-10-11-22-49)43(40)46-44(50)39-17-16-37(51-28-18-35-14-12-15-36(45)31-35)33-41(39)53-27-13-23-47(5-2)6-3/h12,14-17,31-34H,4-11,13,18-30H2,1-3H3.